The fourth-order valence-corrected chi connectivity index (χ4v) is 5.27. The largest absolute Gasteiger partial charge is 0.347 e. The lowest BCUT2D eigenvalue weighted by molar-refractivity contribution is 0.0920. The maximum absolute atomic E-state index is 12.9. The highest BCUT2D eigenvalue weighted by Gasteiger charge is 2.29. The molecule has 0 saturated heterocycles. The summed E-state index contributed by atoms with van der Waals surface area (Å²) in [5.74, 6) is 0.761. The highest BCUT2D eigenvalue weighted by molar-refractivity contribution is 7.13. The van der Waals surface area contributed by atoms with Crippen molar-refractivity contribution in [1.29, 1.82) is 0 Å². The van der Waals surface area contributed by atoms with Gasteiger partial charge in [0.2, 0.25) is 5.95 Å². The maximum Gasteiger partial charge on any atom is 0.280 e. The number of amides is 1. The third kappa shape index (κ3) is 4.12. The van der Waals surface area contributed by atoms with Gasteiger partial charge in [-0.2, -0.15) is 15.3 Å². The average Bonchev–Trinajstić information content (AvgIpc) is 3.69. The number of pyridine rings is 1. The molecule has 1 aliphatic carbocycles. The lowest BCUT2D eigenvalue weighted by Crippen LogP contribution is -2.39. The summed E-state index contributed by atoms with van der Waals surface area (Å²) < 4.78 is 29.7. The Morgan fingerprint density at radius 2 is 1.97 bits per heavy atom. The predicted octanol–water partition coefficient (Wildman–Crippen LogP) is 3.51. The summed E-state index contributed by atoms with van der Waals surface area (Å²) in [6, 6.07) is 3.57. The Hall–Kier alpha value is -4.07. The number of rotatable bonds is 6. The second-order valence-corrected chi connectivity index (χ2v) is 9.50. The van der Waals surface area contributed by atoms with Crippen molar-refractivity contribution in [3.05, 3.63) is 59.2 Å². The predicted molar refractivity (Wildman–Crippen MR) is 125 cm³/mol. The Morgan fingerprint density at radius 3 is 2.72 bits per heavy atom. The van der Waals surface area contributed by atoms with E-state index in [4.69, 9.17) is 4.98 Å². The minimum atomic E-state index is -2.64. The first-order valence-electron chi connectivity index (χ1n) is 11.4. The number of alkyl halides is 2. The van der Waals surface area contributed by atoms with E-state index in [-0.39, 0.29) is 22.0 Å². The van der Waals surface area contributed by atoms with Crippen molar-refractivity contribution < 1.29 is 13.6 Å². The zero-order valence-corrected chi connectivity index (χ0v) is 19.6. The van der Waals surface area contributed by atoms with Crippen molar-refractivity contribution >= 4 is 28.3 Å². The number of carbonyl (C=O) groups excluding carboxylic acids is 1. The SMILES string of the molecule is O=C(N[C@H]1CCC[C@@H](n2c(-n3cccn3)nc3cnc(-n4nccn4)cc32)C1)c1ncc(C(F)F)s1. The van der Waals surface area contributed by atoms with E-state index < -0.39 is 12.3 Å². The Bertz CT molecular complexity index is 1490. The van der Waals surface area contributed by atoms with Crippen LogP contribution in [-0.2, 0) is 0 Å². The van der Waals surface area contributed by atoms with Gasteiger partial charge in [-0.25, -0.2) is 28.4 Å². The minimum Gasteiger partial charge on any atom is -0.347 e. The molecule has 0 bridgehead atoms. The summed E-state index contributed by atoms with van der Waals surface area (Å²) in [5.41, 5.74) is 1.55. The van der Waals surface area contributed by atoms with E-state index in [2.05, 4.69) is 35.1 Å². The normalized spacial score (nSPS) is 18.2. The second kappa shape index (κ2) is 9.18. The molecule has 5 aromatic rings. The number of hydrogen-bond donors (Lipinski definition) is 1. The standard InChI is InChI=1S/C22H20F2N10OS/c23-19(24)17-12-26-21(36-17)20(35)30-13-3-1-4-14(9-13)33-16-10-18(34-28-6-7-29-34)25-11-15(16)31-22(33)32-8-2-5-27-32/h2,5-8,10-14,19H,1,3-4,9H2,(H,30,35)/t13-,14+/m0/s1. The topological polar surface area (TPSA) is 121 Å². The van der Waals surface area contributed by atoms with Crippen molar-refractivity contribution in [2.45, 2.75) is 44.2 Å². The summed E-state index contributed by atoms with van der Waals surface area (Å²) in [6.07, 6.45) is 9.93. The van der Waals surface area contributed by atoms with Gasteiger partial charge in [-0.1, -0.05) is 0 Å². The summed E-state index contributed by atoms with van der Waals surface area (Å²) in [5, 5.41) is 15.8. The molecule has 0 aromatic carbocycles. The van der Waals surface area contributed by atoms with Crippen LogP contribution in [-0.4, -0.2) is 56.2 Å². The molecule has 2 atom stereocenters. The van der Waals surface area contributed by atoms with Gasteiger partial charge in [0.25, 0.3) is 12.3 Å². The molecule has 1 N–H and O–H groups in total. The molecule has 11 nitrogen and oxygen atoms in total. The molecular weight excluding hydrogens is 490 g/mol. The van der Waals surface area contributed by atoms with Crippen LogP contribution < -0.4 is 5.32 Å². The van der Waals surface area contributed by atoms with Gasteiger partial charge in [-0.15, -0.1) is 16.1 Å². The average molecular weight is 511 g/mol. The van der Waals surface area contributed by atoms with Crippen LogP contribution in [0, 0.1) is 0 Å². The number of fused-ring (bicyclic) bond motifs is 1. The van der Waals surface area contributed by atoms with E-state index in [1.165, 1.54) is 4.80 Å². The van der Waals surface area contributed by atoms with Gasteiger partial charge in [0.05, 0.1) is 29.0 Å². The maximum atomic E-state index is 12.9. The number of aromatic nitrogens is 9. The van der Waals surface area contributed by atoms with Gasteiger partial charge in [-0.05, 0) is 31.7 Å². The molecule has 1 aliphatic rings. The van der Waals surface area contributed by atoms with E-state index in [0.717, 1.165) is 42.3 Å². The number of carbonyl (C=O) groups is 1. The van der Waals surface area contributed by atoms with Crippen LogP contribution in [0.15, 0.2) is 49.3 Å². The van der Waals surface area contributed by atoms with Crippen molar-refractivity contribution in [3.8, 4) is 11.8 Å². The summed E-state index contributed by atoms with van der Waals surface area (Å²) >= 11 is 0.718. The number of nitrogens with zero attached hydrogens (tertiary/aromatic N) is 9. The van der Waals surface area contributed by atoms with Gasteiger partial charge in [0.15, 0.2) is 10.8 Å². The summed E-state index contributed by atoms with van der Waals surface area (Å²) in [6.45, 7) is 0. The fraction of sp³-hybridized carbons (Fsp3) is 0.318. The van der Waals surface area contributed by atoms with Gasteiger partial charge < -0.3 is 9.88 Å². The van der Waals surface area contributed by atoms with Gasteiger partial charge in [-0.3, -0.25) is 4.79 Å². The molecule has 5 heterocycles. The van der Waals surface area contributed by atoms with E-state index in [1.54, 1.807) is 29.5 Å². The van der Waals surface area contributed by atoms with E-state index >= 15 is 0 Å². The molecule has 0 spiro atoms. The van der Waals surface area contributed by atoms with E-state index in [1.807, 2.05) is 18.3 Å². The molecule has 36 heavy (non-hydrogen) atoms. The van der Waals surface area contributed by atoms with Gasteiger partial charge >= 0.3 is 0 Å². The number of nitrogens with one attached hydrogen (secondary N) is 1. The van der Waals surface area contributed by atoms with Crippen LogP contribution in [0.5, 0.6) is 0 Å². The van der Waals surface area contributed by atoms with Gasteiger partial charge in [0, 0.05) is 36.7 Å². The van der Waals surface area contributed by atoms with Crippen molar-refractivity contribution in [1.82, 2.24) is 49.6 Å². The smallest absolute Gasteiger partial charge is 0.280 e. The Morgan fingerprint density at radius 1 is 1.11 bits per heavy atom. The Kier molecular flexibility index (Phi) is 5.71. The second-order valence-electron chi connectivity index (χ2n) is 8.44. The molecule has 1 fully saturated rings. The lowest BCUT2D eigenvalue weighted by atomic mass is 9.90. The van der Waals surface area contributed by atoms with Crippen LogP contribution in [0.25, 0.3) is 22.8 Å². The first kappa shape index (κ1) is 22.4. The lowest BCUT2D eigenvalue weighted by Gasteiger charge is -2.31. The van der Waals surface area contributed by atoms with Crippen molar-refractivity contribution in [2.75, 3.05) is 0 Å². The molecule has 5 aromatic heterocycles. The number of halogens is 2. The molecule has 1 amide bonds. The molecule has 14 heteroatoms. The Labute approximate surface area is 206 Å². The van der Waals surface area contributed by atoms with Gasteiger partial charge in [0.1, 0.15) is 5.52 Å². The van der Waals surface area contributed by atoms with Crippen LogP contribution in [0.4, 0.5) is 8.78 Å². The summed E-state index contributed by atoms with van der Waals surface area (Å²) in [4.78, 5) is 27.1. The molecule has 6 rings (SSSR count). The number of thiazole rings is 1. The third-order valence-electron chi connectivity index (χ3n) is 6.16. The molecule has 0 radical (unpaired) electrons. The molecular formula is C22H20F2N10OS. The molecule has 1 saturated carbocycles. The minimum absolute atomic E-state index is 0.00185. The van der Waals surface area contributed by atoms with Crippen LogP contribution in [0.1, 0.15) is 52.8 Å². The van der Waals surface area contributed by atoms with Crippen molar-refractivity contribution in [3.63, 3.8) is 0 Å². The fourth-order valence-electron chi connectivity index (χ4n) is 4.60. The van der Waals surface area contributed by atoms with Crippen LogP contribution in [0.2, 0.25) is 0 Å². The first-order valence-corrected chi connectivity index (χ1v) is 12.2. The zero-order valence-electron chi connectivity index (χ0n) is 18.8. The van der Waals surface area contributed by atoms with Crippen LogP contribution in [0.3, 0.4) is 0 Å². The zero-order chi connectivity index (χ0) is 24.6. The van der Waals surface area contributed by atoms with E-state index in [0.29, 0.717) is 23.7 Å². The van der Waals surface area contributed by atoms with Crippen molar-refractivity contribution in [2.24, 2.45) is 0 Å². The third-order valence-corrected chi connectivity index (χ3v) is 7.16. The number of imidazole rings is 1. The Balaban J connectivity index is 1.32. The molecule has 0 aliphatic heterocycles. The summed E-state index contributed by atoms with van der Waals surface area (Å²) in [7, 11) is 0. The number of hydrogen-bond acceptors (Lipinski definition) is 8. The quantitative estimate of drug-likeness (QED) is 0.371. The highest BCUT2D eigenvalue weighted by Crippen LogP contribution is 2.34. The highest BCUT2D eigenvalue weighted by atomic mass is 32.1. The molecule has 184 valence electrons. The van der Waals surface area contributed by atoms with E-state index in [9.17, 15) is 13.6 Å². The first-order chi connectivity index (χ1) is 17.6. The monoisotopic (exact) mass is 510 g/mol. The molecule has 0 unspecified atom stereocenters. The van der Waals surface area contributed by atoms with Crippen LogP contribution >= 0.6 is 11.3 Å².